The zero-order chi connectivity index (χ0) is 49.2. The second-order valence-corrected chi connectivity index (χ2v) is 21.3. The number of unbranched alkanes of at least 4 members (excludes halogenated alkanes) is 15. The van der Waals surface area contributed by atoms with E-state index in [1.54, 1.807) is 4.57 Å². The van der Waals surface area contributed by atoms with Crippen LogP contribution in [0.1, 0.15) is 142 Å². The van der Waals surface area contributed by atoms with Crippen LogP contribution in [-0.4, -0.2) is 116 Å². The molecule has 22 nitrogen and oxygen atoms in total. The van der Waals surface area contributed by atoms with E-state index in [2.05, 4.69) is 42.5 Å². The lowest BCUT2D eigenvalue weighted by atomic mass is 10.0. The number of hydrogen-bond donors (Lipinski definition) is 8. The van der Waals surface area contributed by atoms with E-state index < -0.39 is 53.3 Å². The van der Waals surface area contributed by atoms with Gasteiger partial charge in [-0.25, -0.2) is 9.55 Å². The van der Waals surface area contributed by atoms with Gasteiger partial charge in [-0.3, -0.25) is 18.4 Å². The third-order valence-corrected chi connectivity index (χ3v) is 15.1. The number of aromatic nitrogens is 6. The number of nitrogens with one attached hydrogen (secondary N) is 4. The zero-order valence-electron chi connectivity index (χ0n) is 39.9. The first-order chi connectivity index (χ1) is 33.3. The van der Waals surface area contributed by atoms with Crippen LogP contribution in [0.25, 0.3) is 11.2 Å². The fourth-order valence-electron chi connectivity index (χ4n) is 8.62. The third-order valence-electron chi connectivity index (χ3n) is 12.4. The number of hydrogen-bond acceptors (Lipinski definition) is 19. The molecule has 2 saturated heterocycles. The number of nitrogen functional groups attached to an aromatic ring is 2. The highest BCUT2D eigenvalue weighted by Gasteiger charge is 2.44. The van der Waals surface area contributed by atoms with Gasteiger partial charge in [0.05, 0.1) is 45.0 Å². The Morgan fingerprint density at radius 3 is 2.26 bits per heavy atom. The fraction of sp³-hybridized carbons (Fsp3) is 0.767. The Morgan fingerprint density at radius 1 is 0.884 bits per heavy atom. The van der Waals surface area contributed by atoms with Crippen LogP contribution in [0.15, 0.2) is 6.33 Å². The predicted molar refractivity (Wildman–Crippen MR) is 268 cm³/mol. The summed E-state index contributed by atoms with van der Waals surface area (Å²) in [6.45, 7) is 2.73. The molecular formula is C43H73N11O11P2S2. The zero-order valence-corrected chi connectivity index (χ0v) is 43.3. The van der Waals surface area contributed by atoms with Gasteiger partial charge in [-0.05, 0) is 19.3 Å². The molecule has 388 valence electrons. The van der Waals surface area contributed by atoms with Crippen molar-refractivity contribution >= 4 is 81.3 Å². The number of aliphatic hydroxyl groups excluding tert-OH is 1. The van der Waals surface area contributed by atoms with Crippen molar-refractivity contribution in [1.82, 2.24) is 34.8 Å². The lowest BCUT2D eigenvalue weighted by Crippen LogP contribution is -2.36. The van der Waals surface area contributed by atoms with Gasteiger partial charge in [-0.15, -0.1) is 0 Å². The number of H-pyrrole nitrogens is 2. The van der Waals surface area contributed by atoms with Crippen LogP contribution in [0.4, 0.5) is 23.4 Å². The van der Waals surface area contributed by atoms with Gasteiger partial charge in [0.15, 0.2) is 11.5 Å². The van der Waals surface area contributed by atoms with Crippen LogP contribution in [0.2, 0.25) is 0 Å². The standard InChI is InChI=1S/C43H73N11O11P2S2/c1-3-4-5-6-7-8-9-10-11-12-13-14-17-20-33(56)46-21-18-15-16-19-22-61-67(57,58)62-26-32-30(24-35(64-32)54-28-48-37-39(54)50-43(45)52-41(37)69)65-66(59-2)60-25-31-29(55)23-34(63-31)53-27-47-36-38(53)49-42(44)51-40(36)68/h28-32,34-35,47,55H,3-27H2,1-2H3,(H,46,56)(H,57,58)(H3,44,49,51,68)(H3,45,50,52,69). The van der Waals surface area contributed by atoms with Crippen molar-refractivity contribution in [1.29, 1.82) is 0 Å². The maximum Gasteiger partial charge on any atom is 0.472 e. The van der Waals surface area contributed by atoms with E-state index in [9.17, 15) is 19.4 Å². The number of rotatable bonds is 33. The van der Waals surface area contributed by atoms with E-state index in [-0.39, 0.29) is 50.5 Å². The van der Waals surface area contributed by atoms with Gasteiger partial charge in [0.2, 0.25) is 17.8 Å². The van der Waals surface area contributed by atoms with E-state index in [1.165, 1.54) is 84.1 Å². The van der Waals surface area contributed by atoms with E-state index in [0.717, 1.165) is 32.1 Å². The molecule has 3 aromatic rings. The number of nitrogens with zero attached hydrogens (tertiary/aromatic N) is 5. The molecule has 26 heteroatoms. The van der Waals surface area contributed by atoms with Crippen LogP contribution in [0.5, 0.6) is 0 Å². The van der Waals surface area contributed by atoms with Crippen molar-refractivity contribution in [3.63, 3.8) is 0 Å². The number of phosphoric ester groups is 1. The molecule has 0 saturated carbocycles. The topological polar surface area (TPSA) is 294 Å². The highest BCUT2D eigenvalue weighted by atomic mass is 32.1. The number of carbonyl (C=O) groups is 1. The van der Waals surface area contributed by atoms with Crippen LogP contribution in [0, 0.1) is 9.28 Å². The molecule has 6 rings (SSSR count). The highest BCUT2D eigenvalue weighted by Crippen LogP contribution is 2.49. The summed E-state index contributed by atoms with van der Waals surface area (Å²) in [5.41, 5.74) is 13.3. The number of aliphatic hydroxyl groups is 1. The number of amides is 1. The van der Waals surface area contributed by atoms with E-state index >= 15 is 0 Å². The Labute approximate surface area is 415 Å². The Balaban J connectivity index is 0.898. The van der Waals surface area contributed by atoms with Crippen molar-refractivity contribution in [3.05, 3.63) is 15.6 Å². The average Bonchev–Trinajstić information content (AvgIpc) is 4.12. The smallest absolute Gasteiger partial charge is 0.390 e. The Hall–Kier alpha value is -2.96. The number of imidazole rings is 1. The van der Waals surface area contributed by atoms with Crippen LogP contribution < -0.4 is 27.0 Å². The molecule has 8 atom stereocenters. The van der Waals surface area contributed by atoms with Crippen LogP contribution in [-0.2, 0) is 41.5 Å². The number of anilines is 4. The second kappa shape index (κ2) is 28.3. The Kier molecular flexibility index (Phi) is 22.7. The minimum absolute atomic E-state index is 0.000485. The van der Waals surface area contributed by atoms with E-state index in [0.29, 0.717) is 58.0 Å². The van der Waals surface area contributed by atoms with Gasteiger partial charge in [0.1, 0.15) is 45.1 Å². The first-order valence-electron chi connectivity index (χ1n) is 24.5. The minimum atomic E-state index is -4.51. The number of carbonyl (C=O) groups excluding carboxylic acids is 1. The van der Waals surface area contributed by atoms with Gasteiger partial charge in [0.25, 0.3) is 0 Å². The van der Waals surface area contributed by atoms with Crippen molar-refractivity contribution < 1.29 is 51.5 Å². The van der Waals surface area contributed by atoms with Crippen LogP contribution >= 0.6 is 40.9 Å². The van der Waals surface area contributed by atoms with E-state index in [4.69, 9.17) is 68.0 Å². The Morgan fingerprint density at radius 2 is 1.54 bits per heavy atom. The molecule has 0 radical (unpaired) electrons. The number of nitrogens with two attached hydrogens (primary N) is 2. The molecule has 0 spiro atoms. The monoisotopic (exact) mass is 1050 g/mol. The number of fused-ring (bicyclic) bond motifs is 2. The SMILES string of the molecule is CCCCCCCCCCCCCCCC(=O)NCCCCCCOP(=O)(O)OCC1OC(n2cnc3c(=S)[nH]c(N)nc32)CC1OP(OC)OCC1OC(N2CNc3c2nc(N)[nH]c3=S)CC1O. The lowest BCUT2D eigenvalue weighted by molar-refractivity contribution is -0.121. The molecule has 3 aliphatic rings. The fourth-order valence-corrected chi connectivity index (χ4v) is 10.9. The molecule has 69 heavy (non-hydrogen) atoms. The van der Waals surface area contributed by atoms with Gasteiger partial charge in [0, 0.05) is 32.9 Å². The van der Waals surface area contributed by atoms with Gasteiger partial charge in [-0.2, -0.15) is 9.97 Å². The molecule has 1 amide bonds. The summed E-state index contributed by atoms with van der Waals surface area (Å²) in [7, 11) is -5.16. The summed E-state index contributed by atoms with van der Waals surface area (Å²) in [4.78, 5) is 43.5. The maximum atomic E-state index is 13.1. The number of aromatic amines is 2. The minimum Gasteiger partial charge on any atom is -0.390 e. The van der Waals surface area contributed by atoms with Crippen molar-refractivity contribution in [3.8, 4) is 0 Å². The largest absolute Gasteiger partial charge is 0.472 e. The van der Waals surface area contributed by atoms with E-state index in [1.807, 2.05) is 4.90 Å². The third kappa shape index (κ3) is 17.1. The average molecular weight is 1050 g/mol. The molecule has 2 fully saturated rings. The summed E-state index contributed by atoms with van der Waals surface area (Å²) in [6.07, 6.45) is 17.3. The second-order valence-electron chi connectivity index (χ2n) is 17.7. The highest BCUT2D eigenvalue weighted by molar-refractivity contribution is 7.71. The molecule has 6 heterocycles. The Bertz CT molecular complexity index is 2230. The summed E-state index contributed by atoms with van der Waals surface area (Å²) in [5, 5.41) is 17.2. The quantitative estimate of drug-likeness (QED) is 0.0161. The van der Waals surface area contributed by atoms with Crippen LogP contribution in [0.3, 0.4) is 0 Å². The first-order valence-corrected chi connectivity index (χ1v) is 27.9. The lowest BCUT2D eigenvalue weighted by Gasteiger charge is -2.26. The summed E-state index contributed by atoms with van der Waals surface area (Å²) < 4.78 is 56.7. The normalized spacial score (nSPS) is 22.5. The number of phosphoric acid groups is 1. The molecule has 0 aliphatic carbocycles. The van der Waals surface area contributed by atoms with Gasteiger partial charge >= 0.3 is 16.4 Å². The molecule has 8 unspecified atom stereocenters. The summed E-state index contributed by atoms with van der Waals surface area (Å²) in [5.74, 6) is 0.857. The summed E-state index contributed by atoms with van der Waals surface area (Å²) >= 11 is 10.8. The predicted octanol–water partition coefficient (Wildman–Crippen LogP) is 8.33. The molecule has 0 bridgehead atoms. The van der Waals surface area contributed by atoms with Gasteiger partial charge in [-0.1, -0.05) is 121 Å². The van der Waals surface area contributed by atoms with Crippen molar-refractivity contribution in [2.24, 2.45) is 0 Å². The van der Waals surface area contributed by atoms with Crippen molar-refractivity contribution in [2.45, 2.75) is 172 Å². The molecule has 3 aromatic heterocycles. The maximum absolute atomic E-state index is 13.1. The summed E-state index contributed by atoms with van der Waals surface area (Å²) in [6, 6.07) is 0. The molecule has 3 aliphatic heterocycles. The molecule has 10 N–H and O–H groups in total. The van der Waals surface area contributed by atoms with Gasteiger partial charge < -0.3 is 70.0 Å². The first kappa shape index (κ1) is 55.4. The number of ether oxygens (including phenoxy) is 2. The molecular weight excluding hydrogens is 973 g/mol. The van der Waals surface area contributed by atoms with Crippen molar-refractivity contribution in [2.75, 3.05) is 61.8 Å². The molecule has 0 aromatic carbocycles.